The number of hydrogen-bond donors (Lipinski definition) is 0. The van der Waals surface area contributed by atoms with E-state index in [1.807, 2.05) is 12.1 Å². The van der Waals surface area contributed by atoms with E-state index in [1.165, 1.54) is 137 Å². The normalized spacial score (nSPS) is 14.2. The lowest BCUT2D eigenvalue weighted by Gasteiger charge is -2.42. The number of carbonyl (C=O) groups is 4. The summed E-state index contributed by atoms with van der Waals surface area (Å²) in [7, 11) is -5.35. The molecule has 0 saturated heterocycles. The molecule has 5 aromatic rings. The lowest BCUT2D eigenvalue weighted by molar-refractivity contribution is 0.0995. The van der Waals surface area contributed by atoms with E-state index >= 15 is 0 Å². The van der Waals surface area contributed by atoms with Crippen LogP contribution in [-0.2, 0) is 0 Å². The summed E-state index contributed by atoms with van der Waals surface area (Å²) in [5.41, 5.74) is 2.59. The summed E-state index contributed by atoms with van der Waals surface area (Å²) in [4.78, 5) is 58.4. The predicted octanol–water partition coefficient (Wildman–Crippen LogP) is 22.0. The fraction of sp³-hybridized carbons (Fsp3) is 0.618. The van der Waals surface area contributed by atoms with Crippen molar-refractivity contribution in [2.75, 3.05) is 13.2 Å². The van der Waals surface area contributed by atoms with Crippen LogP contribution in [0.15, 0.2) is 36.4 Å². The highest BCUT2D eigenvalue weighted by atomic mass is 32.1. The van der Waals surface area contributed by atoms with Gasteiger partial charge in [-0.05, 0) is 82.5 Å². The number of ether oxygens (including phenoxy) is 2. The first-order valence-electron chi connectivity index (χ1n) is 31.5. The van der Waals surface area contributed by atoms with Crippen LogP contribution in [0.2, 0.25) is 33.2 Å². The number of thiophene rings is 2. The number of fused-ring (bicyclic) bond motifs is 11. The molecule has 0 N–H and O–H groups in total. The first-order chi connectivity index (χ1) is 38.3. The minimum Gasteiger partial charge on any atom is -0.542 e. The van der Waals surface area contributed by atoms with E-state index in [4.69, 9.17) is 18.3 Å². The molecule has 0 aliphatic heterocycles. The Morgan fingerprint density at radius 1 is 0.362 bits per heavy atom. The van der Waals surface area contributed by atoms with E-state index in [0.717, 1.165) is 57.3 Å². The van der Waals surface area contributed by atoms with Crippen molar-refractivity contribution in [2.24, 2.45) is 0 Å². The fourth-order valence-electron chi connectivity index (χ4n) is 14.1. The summed E-state index contributed by atoms with van der Waals surface area (Å²) < 4.78 is 32.9. The lowest BCUT2D eigenvalue weighted by atomic mass is 9.87. The van der Waals surface area contributed by atoms with Gasteiger partial charge < -0.3 is 18.3 Å². The van der Waals surface area contributed by atoms with Gasteiger partial charge in [-0.15, -0.1) is 22.7 Å². The highest BCUT2D eigenvalue weighted by Gasteiger charge is 2.49. The highest BCUT2D eigenvalue weighted by molar-refractivity contribution is 7.29. The van der Waals surface area contributed by atoms with Gasteiger partial charge in [0.25, 0.3) is 16.6 Å². The molecule has 0 atom stereocenters. The summed E-state index contributed by atoms with van der Waals surface area (Å²) in [5, 5.41) is 2.67. The minimum absolute atomic E-state index is 0.221. The van der Waals surface area contributed by atoms with Gasteiger partial charge in [-0.2, -0.15) is 0 Å². The van der Waals surface area contributed by atoms with E-state index in [1.54, 1.807) is 0 Å². The Morgan fingerprint density at radius 2 is 0.637 bits per heavy atom. The molecule has 2 aliphatic rings. The molecule has 2 aliphatic carbocycles. The molecular formula is C68H98O8S2Si2. The molecule has 0 spiro atoms. The molecule has 0 fully saturated rings. The van der Waals surface area contributed by atoms with Crippen LogP contribution < -0.4 is 18.3 Å². The van der Waals surface area contributed by atoms with E-state index < -0.39 is 16.6 Å². The molecule has 8 nitrogen and oxygen atoms in total. The van der Waals surface area contributed by atoms with E-state index in [9.17, 15) is 19.2 Å². The van der Waals surface area contributed by atoms with Gasteiger partial charge in [0.1, 0.15) is 11.5 Å². The monoisotopic (exact) mass is 1160 g/mol. The largest absolute Gasteiger partial charge is 0.542 e. The number of hydrogen-bond acceptors (Lipinski definition) is 10. The van der Waals surface area contributed by atoms with Gasteiger partial charge in [0.05, 0.1) is 32.0 Å². The topological polar surface area (TPSA) is 105 Å². The number of carbonyl (C=O) groups excluding carboxylic acids is 4. The summed E-state index contributed by atoms with van der Waals surface area (Å²) in [6.45, 7) is 32.5. The van der Waals surface area contributed by atoms with Crippen LogP contribution in [0.25, 0.3) is 40.3 Å². The van der Waals surface area contributed by atoms with Crippen LogP contribution in [0, 0.1) is 0 Å². The lowest BCUT2D eigenvalue weighted by Crippen LogP contribution is -2.50. The van der Waals surface area contributed by atoms with Crippen molar-refractivity contribution in [1.29, 1.82) is 0 Å². The second-order valence-electron chi connectivity index (χ2n) is 25.3. The van der Waals surface area contributed by atoms with E-state index in [2.05, 4.69) is 96.9 Å². The Labute approximate surface area is 490 Å². The molecule has 0 amide bonds. The molecule has 0 saturated carbocycles. The van der Waals surface area contributed by atoms with Gasteiger partial charge >= 0.3 is 0 Å². The van der Waals surface area contributed by atoms with Crippen LogP contribution in [0.1, 0.15) is 267 Å². The van der Waals surface area contributed by atoms with Crippen molar-refractivity contribution in [1.82, 2.24) is 0 Å². The van der Waals surface area contributed by atoms with Gasteiger partial charge in [0.15, 0.2) is 34.6 Å². The number of allylic oxidation sites excluding steroid dienone is 4. The Hall–Kier alpha value is -4.11. The van der Waals surface area contributed by atoms with Gasteiger partial charge in [0.2, 0.25) is 0 Å². The van der Waals surface area contributed by atoms with Crippen LogP contribution >= 0.6 is 22.7 Å². The zero-order valence-corrected chi connectivity index (χ0v) is 55.2. The fourth-order valence-corrected chi connectivity index (χ4v) is 27.2. The van der Waals surface area contributed by atoms with Crippen molar-refractivity contribution in [3.63, 3.8) is 0 Å². The molecule has 0 radical (unpaired) electrons. The van der Waals surface area contributed by atoms with Crippen molar-refractivity contribution in [3.8, 4) is 23.0 Å². The zero-order chi connectivity index (χ0) is 58.1. The molecule has 0 unspecified atom stereocenters. The average molecular weight is 1160 g/mol. The highest BCUT2D eigenvalue weighted by Crippen LogP contribution is 2.60. The quantitative estimate of drug-likeness (QED) is 0.0296. The number of ketones is 4. The number of unbranched alkanes of at least 4 members (excludes halogenated alkanes) is 18. The molecule has 12 heteroatoms. The Kier molecular flexibility index (Phi) is 22.6. The van der Waals surface area contributed by atoms with Gasteiger partial charge in [-0.3, -0.25) is 19.2 Å². The Bertz CT molecular complexity index is 2810. The maximum atomic E-state index is 14.8. The molecule has 2 heterocycles. The molecule has 80 heavy (non-hydrogen) atoms. The molecule has 0 bridgehead atoms. The maximum absolute atomic E-state index is 14.8. The van der Waals surface area contributed by atoms with Crippen molar-refractivity contribution >= 4 is 103 Å². The second kappa shape index (κ2) is 28.4. The maximum Gasteiger partial charge on any atom is 0.258 e. The third-order valence-electron chi connectivity index (χ3n) is 18.0. The van der Waals surface area contributed by atoms with Crippen molar-refractivity contribution in [3.05, 3.63) is 58.7 Å². The van der Waals surface area contributed by atoms with Gasteiger partial charge in [-0.1, -0.05) is 213 Å². The molecule has 3 aromatic carbocycles. The summed E-state index contributed by atoms with van der Waals surface area (Å²) >= 11 is 3.07. The number of rotatable bonds is 34. The molecule has 2 aromatic heterocycles. The first kappa shape index (κ1) is 63.5. The number of benzene rings is 3. The Morgan fingerprint density at radius 3 is 0.925 bits per heavy atom. The van der Waals surface area contributed by atoms with Crippen LogP contribution in [-0.4, -0.2) is 53.0 Å². The van der Waals surface area contributed by atoms with E-state index in [0.29, 0.717) is 80.0 Å². The smallest absolute Gasteiger partial charge is 0.258 e. The summed E-state index contributed by atoms with van der Waals surface area (Å²) in [6, 6.07) is 3.69. The SMILES string of the molecule is CCCCCCCCCCCCOc1c(OCCCCCCCCCCCC)c2sc3c(O[Si](C(C)C)(C(C)C)C(C)C)cc4c(c3c2c2c1sc1c(O[Si](C(C)C)(C(C)C)C(C)C)cc3c(c12)C(=O)C=CC3=O)C(=O)C=CC4=O. The molecular weight excluding hydrogens is 1070 g/mol. The Balaban J connectivity index is 1.55. The standard InChI is InChI=1S/C68H98O8S2Si2/c1-15-17-19-21-23-25-27-29-31-33-39-73-63-64(74-40-34-32-30-28-26-24-22-20-18-16-2)68-62(60-58-50(52(70)36-38-54(58)72)42-56(66(60)78-68)76-80(46(9)10,47(11)12)48(13)14)61-59-57-49(51(69)35-37-53(57)71)41-55(65(59)77-67(61)63)75-79(43(3)4,44(5)6)45(7)8/h35-38,41-48H,15-34,39-40H2,1-14H3. The molecule has 7 rings (SSSR count). The second-order valence-corrected chi connectivity index (χ2v) is 38.1. The van der Waals surface area contributed by atoms with Crippen LogP contribution in [0.3, 0.4) is 0 Å². The third kappa shape index (κ3) is 13.0. The zero-order valence-electron chi connectivity index (χ0n) is 51.6. The average Bonchev–Trinajstić information content (AvgIpc) is 4.02. The minimum atomic E-state index is -2.68. The first-order valence-corrected chi connectivity index (χ1v) is 37.4. The van der Waals surface area contributed by atoms with Gasteiger partial charge in [0, 0.05) is 43.8 Å². The summed E-state index contributed by atoms with van der Waals surface area (Å²) in [6.07, 6.45) is 29.5. The third-order valence-corrected chi connectivity index (χ3v) is 32.4. The predicted molar refractivity (Wildman–Crippen MR) is 346 cm³/mol. The van der Waals surface area contributed by atoms with E-state index in [-0.39, 0.29) is 56.4 Å². The van der Waals surface area contributed by atoms with Crippen LogP contribution in [0.5, 0.6) is 23.0 Å². The van der Waals surface area contributed by atoms with Crippen molar-refractivity contribution < 1.29 is 37.5 Å². The van der Waals surface area contributed by atoms with Crippen molar-refractivity contribution in [2.45, 2.75) is 259 Å². The summed E-state index contributed by atoms with van der Waals surface area (Å²) in [5.74, 6) is 1.38. The van der Waals surface area contributed by atoms with Crippen LogP contribution in [0.4, 0.5) is 0 Å². The van der Waals surface area contributed by atoms with Gasteiger partial charge in [-0.25, -0.2) is 0 Å². The molecule has 438 valence electrons.